The molecule has 1 N–H and O–H groups in total. The fourth-order valence-corrected chi connectivity index (χ4v) is 2.41. The van der Waals surface area contributed by atoms with Crippen LogP contribution in [0.4, 0.5) is 11.4 Å². The molecule has 0 unspecified atom stereocenters. The predicted octanol–water partition coefficient (Wildman–Crippen LogP) is 4.63. The standard InChI is InChI=1S/C14H12BrClN2O3/c1-21-14-6-10(3-5-12(14)15)17-8-9-2-4-11(18(19)20)7-13(9)16/h2-7,17H,8H2,1H3. The van der Waals surface area contributed by atoms with Crippen molar-refractivity contribution in [2.75, 3.05) is 12.4 Å². The van der Waals surface area contributed by atoms with Gasteiger partial charge in [0.1, 0.15) is 5.75 Å². The first kappa shape index (κ1) is 15.6. The lowest BCUT2D eigenvalue weighted by atomic mass is 10.2. The average molecular weight is 372 g/mol. The number of rotatable bonds is 5. The summed E-state index contributed by atoms with van der Waals surface area (Å²) in [6.45, 7) is 0.460. The van der Waals surface area contributed by atoms with Crippen LogP contribution in [-0.2, 0) is 6.54 Å². The maximum absolute atomic E-state index is 10.7. The molecule has 0 amide bonds. The third-order valence-electron chi connectivity index (χ3n) is 2.88. The fourth-order valence-electron chi connectivity index (χ4n) is 1.76. The van der Waals surface area contributed by atoms with Crippen LogP contribution in [-0.4, -0.2) is 12.0 Å². The van der Waals surface area contributed by atoms with Gasteiger partial charge in [-0.3, -0.25) is 10.1 Å². The predicted molar refractivity (Wildman–Crippen MR) is 86.1 cm³/mol. The molecule has 21 heavy (non-hydrogen) atoms. The van der Waals surface area contributed by atoms with Gasteiger partial charge in [-0.25, -0.2) is 0 Å². The number of hydrogen-bond acceptors (Lipinski definition) is 4. The number of anilines is 1. The van der Waals surface area contributed by atoms with E-state index in [1.807, 2.05) is 18.2 Å². The molecule has 0 saturated carbocycles. The van der Waals surface area contributed by atoms with Crippen molar-refractivity contribution in [3.8, 4) is 5.75 Å². The van der Waals surface area contributed by atoms with Crippen LogP contribution in [0, 0.1) is 10.1 Å². The summed E-state index contributed by atoms with van der Waals surface area (Å²) in [7, 11) is 1.59. The van der Waals surface area contributed by atoms with Crippen molar-refractivity contribution in [2.24, 2.45) is 0 Å². The van der Waals surface area contributed by atoms with Gasteiger partial charge in [-0.15, -0.1) is 0 Å². The number of hydrogen-bond donors (Lipinski definition) is 1. The molecule has 0 aliphatic rings. The number of halogens is 2. The number of ether oxygens (including phenoxy) is 1. The van der Waals surface area contributed by atoms with E-state index < -0.39 is 4.92 Å². The van der Waals surface area contributed by atoms with Gasteiger partial charge in [0.2, 0.25) is 0 Å². The lowest BCUT2D eigenvalue weighted by Crippen LogP contribution is -2.01. The first-order chi connectivity index (χ1) is 10.0. The van der Waals surface area contributed by atoms with Crippen LogP contribution in [0.1, 0.15) is 5.56 Å². The largest absolute Gasteiger partial charge is 0.495 e. The smallest absolute Gasteiger partial charge is 0.270 e. The van der Waals surface area contributed by atoms with E-state index in [1.54, 1.807) is 13.2 Å². The lowest BCUT2D eigenvalue weighted by Gasteiger charge is -2.10. The number of benzene rings is 2. The first-order valence-electron chi connectivity index (χ1n) is 6.01. The molecule has 0 heterocycles. The monoisotopic (exact) mass is 370 g/mol. The molecule has 2 rings (SSSR count). The van der Waals surface area contributed by atoms with Gasteiger partial charge in [0.25, 0.3) is 5.69 Å². The molecule has 5 nitrogen and oxygen atoms in total. The number of nitrogens with zero attached hydrogens (tertiary/aromatic N) is 1. The van der Waals surface area contributed by atoms with Crippen LogP contribution in [0.5, 0.6) is 5.75 Å². The van der Waals surface area contributed by atoms with Gasteiger partial charge in [0.15, 0.2) is 0 Å². The van der Waals surface area contributed by atoms with Crippen LogP contribution in [0.25, 0.3) is 0 Å². The van der Waals surface area contributed by atoms with E-state index in [0.29, 0.717) is 11.6 Å². The Kier molecular flexibility index (Phi) is 5.03. The van der Waals surface area contributed by atoms with E-state index in [4.69, 9.17) is 16.3 Å². The highest BCUT2D eigenvalue weighted by atomic mass is 79.9. The molecular formula is C14H12BrClN2O3. The van der Waals surface area contributed by atoms with Crippen LogP contribution >= 0.6 is 27.5 Å². The molecule has 0 fully saturated rings. The maximum atomic E-state index is 10.7. The minimum Gasteiger partial charge on any atom is -0.495 e. The van der Waals surface area contributed by atoms with Crippen molar-refractivity contribution in [3.05, 3.63) is 61.6 Å². The van der Waals surface area contributed by atoms with Gasteiger partial charge in [0.05, 0.1) is 21.5 Å². The second kappa shape index (κ2) is 6.78. The summed E-state index contributed by atoms with van der Waals surface area (Å²) in [5, 5.41) is 14.2. The van der Waals surface area contributed by atoms with Crippen molar-refractivity contribution < 1.29 is 9.66 Å². The molecule has 7 heteroatoms. The van der Waals surface area contributed by atoms with Crippen LogP contribution in [0.2, 0.25) is 5.02 Å². The highest BCUT2D eigenvalue weighted by Gasteiger charge is 2.09. The summed E-state index contributed by atoms with van der Waals surface area (Å²) < 4.78 is 6.08. The Balaban J connectivity index is 2.11. The number of nitro benzene ring substituents is 1. The molecule has 110 valence electrons. The molecule has 0 spiro atoms. The Bertz CT molecular complexity index is 679. The molecule has 0 saturated heterocycles. The van der Waals surface area contributed by atoms with Gasteiger partial charge in [-0.2, -0.15) is 0 Å². The van der Waals surface area contributed by atoms with E-state index >= 15 is 0 Å². The van der Waals surface area contributed by atoms with Crippen molar-refractivity contribution in [3.63, 3.8) is 0 Å². The molecule has 0 radical (unpaired) electrons. The molecule has 2 aromatic rings. The summed E-state index contributed by atoms with van der Waals surface area (Å²) in [6.07, 6.45) is 0. The molecule has 0 aliphatic carbocycles. The van der Waals surface area contributed by atoms with Gasteiger partial charge >= 0.3 is 0 Å². The fraction of sp³-hybridized carbons (Fsp3) is 0.143. The highest BCUT2D eigenvalue weighted by Crippen LogP contribution is 2.29. The van der Waals surface area contributed by atoms with Crippen molar-refractivity contribution in [2.45, 2.75) is 6.54 Å². The summed E-state index contributed by atoms with van der Waals surface area (Å²) in [6, 6.07) is 10.0. The second-order valence-electron chi connectivity index (χ2n) is 4.24. The van der Waals surface area contributed by atoms with E-state index in [-0.39, 0.29) is 5.69 Å². The average Bonchev–Trinajstić information content (AvgIpc) is 2.47. The van der Waals surface area contributed by atoms with Gasteiger partial charge < -0.3 is 10.1 Å². The quantitative estimate of drug-likeness (QED) is 0.614. The zero-order chi connectivity index (χ0) is 15.4. The molecule has 2 aromatic carbocycles. The molecule has 0 atom stereocenters. The van der Waals surface area contributed by atoms with E-state index in [1.165, 1.54) is 12.1 Å². The van der Waals surface area contributed by atoms with Crippen molar-refractivity contribution in [1.82, 2.24) is 0 Å². The first-order valence-corrected chi connectivity index (χ1v) is 7.18. The molecule has 0 aromatic heterocycles. The van der Waals surface area contributed by atoms with E-state index in [9.17, 15) is 10.1 Å². The van der Waals surface area contributed by atoms with Crippen molar-refractivity contribution in [1.29, 1.82) is 0 Å². The Morgan fingerprint density at radius 3 is 2.71 bits per heavy atom. The van der Waals surface area contributed by atoms with Crippen LogP contribution < -0.4 is 10.1 Å². The molecular weight excluding hydrogens is 360 g/mol. The maximum Gasteiger partial charge on any atom is 0.270 e. The van der Waals surface area contributed by atoms with Gasteiger partial charge in [-0.05, 0) is 39.7 Å². The zero-order valence-electron chi connectivity index (χ0n) is 11.1. The van der Waals surface area contributed by atoms with Gasteiger partial charge in [-0.1, -0.05) is 11.6 Å². The summed E-state index contributed by atoms with van der Waals surface area (Å²) >= 11 is 9.43. The van der Waals surface area contributed by atoms with Crippen molar-refractivity contribution >= 4 is 38.9 Å². The zero-order valence-corrected chi connectivity index (χ0v) is 13.4. The van der Waals surface area contributed by atoms with Crippen LogP contribution in [0.3, 0.4) is 0 Å². The number of nitrogens with one attached hydrogen (secondary N) is 1. The summed E-state index contributed by atoms with van der Waals surface area (Å²) in [5.74, 6) is 0.717. The molecule has 0 aliphatic heterocycles. The Morgan fingerprint density at radius 2 is 2.10 bits per heavy atom. The normalized spacial score (nSPS) is 10.2. The Hall–Kier alpha value is -1.79. The number of non-ortho nitro benzene ring substituents is 1. The number of nitro groups is 1. The SMILES string of the molecule is COc1cc(NCc2ccc([N+](=O)[O-])cc2Cl)ccc1Br. The summed E-state index contributed by atoms with van der Waals surface area (Å²) in [5.41, 5.74) is 1.63. The Labute approximate surface area is 135 Å². The van der Waals surface area contributed by atoms with E-state index in [0.717, 1.165) is 21.5 Å². The second-order valence-corrected chi connectivity index (χ2v) is 5.50. The third kappa shape index (κ3) is 3.86. The number of methoxy groups -OCH3 is 1. The summed E-state index contributed by atoms with van der Waals surface area (Å²) in [4.78, 5) is 10.2. The topological polar surface area (TPSA) is 64.4 Å². The lowest BCUT2D eigenvalue weighted by molar-refractivity contribution is -0.384. The minimum absolute atomic E-state index is 0.0194. The Morgan fingerprint density at radius 1 is 1.33 bits per heavy atom. The third-order valence-corrected chi connectivity index (χ3v) is 3.89. The highest BCUT2D eigenvalue weighted by molar-refractivity contribution is 9.10. The van der Waals surface area contributed by atoms with Gasteiger partial charge in [0, 0.05) is 30.4 Å². The minimum atomic E-state index is -0.470. The molecule has 0 bridgehead atoms. The van der Waals surface area contributed by atoms with Crippen LogP contribution in [0.15, 0.2) is 40.9 Å². The van der Waals surface area contributed by atoms with E-state index in [2.05, 4.69) is 21.2 Å².